The maximum Gasteiger partial charge on any atom is 0.122 e. The molecule has 0 bridgehead atoms. The fourth-order valence-corrected chi connectivity index (χ4v) is 3.56. The Morgan fingerprint density at radius 1 is 1.16 bits per heavy atom. The van der Waals surface area contributed by atoms with E-state index in [4.69, 9.17) is 16.3 Å². The molecule has 0 N–H and O–H groups in total. The van der Waals surface area contributed by atoms with Crippen LogP contribution in [0.4, 0.5) is 0 Å². The van der Waals surface area contributed by atoms with Crippen LogP contribution in [0, 0.1) is 0 Å². The van der Waals surface area contributed by atoms with Crippen LogP contribution >= 0.6 is 11.6 Å². The summed E-state index contributed by atoms with van der Waals surface area (Å²) in [5, 5.41) is 0.243. The van der Waals surface area contributed by atoms with Crippen molar-refractivity contribution in [2.24, 2.45) is 0 Å². The van der Waals surface area contributed by atoms with Crippen molar-refractivity contribution in [2.45, 2.75) is 49.8 Å². The van der Waals surface area contributed by atoms with E-state index >= 15 is 0 Å². The predicted molar refractivity (Wildman–Crippen MR) is 80.1 cm³/mol. The van der Waals surface area contributed by atoms with Gasteiger partial charge in [-0.25, -0.2) is 0 Å². The first-order valence-electron chi connectivity index (χ1n) is 7.38. The maximum absolute atomic E-state index is 6.33. The minimum Gasteiger partial charge on any atom is -0.493 e. The Morgan fingerprint density at radius 2 is 2.05 bits per heavy atom. The molecular weight excluding hydrogens is 256 g/mol. The molecule has 0 fully saturated rings. The van der Waals surface area contributed by atoms with Crippen LogP contribution in [0.1, 0.15) is 50.0 Å². The molecule has 0 radical (unpaired) electrons. The number of halogens is 1. The molecule has 2 atom stereocenters. The number of allylic oxidation sites excluding steroid dienone is 2. The topological polar surface area (TPSA) is 9.23 Å². The second kappa shape index (κ2) is 6.00. The van der Waals surface area contributed by atoms with Crippen molar-refractivity contribution >= 4 is 11.6 Å². The Bertz CT molecular complexity index is 466. The smallest absolute Gasteiger partial charge is 0.122 e. The lowest BCUT2D eigenvalue weighted by molar-refractivity contribution is 0.266. The molecule has 0 aromatic heterocycles. The normalized spacial score (nSPS) is 26.9. The molecule has 102 valence electrons. The molecule has 0 spiro atoms. The van der Waals surface area contributed by atoms with Crippen LogP contribution in [-0.2, 0) is 0 Å². The van der Waals surface area contributed by atoms with Gasteiger partial charge in [0.05, 0.1) is 12.0 Å². The number of ether oxygens (including phenoxy) is 1. The molecule has 1 aliphatic carbocycles. The Kier molecular flexibility index (Phi) is 4.12. The van der Waals surface area contributed by atoms with Crippen LogP contribution in [0.2, 0.25) is 0 Å². The molecule has 1 aliphatic heterocycles. The summed E-state index contributed by atoms with van der Waals surface area (Å²) in [6.07, 6.45) is 9.51. The lowest BCUT2D eigenvalue weighted by atomic mass is 9.86. The highest BCUT2D eigenvalue weighted by Gasteiger charge is 2.22. The van der Waals surface area contributed by atoms with Gasteiger partial charge in [-0.2, -0.15) is 0 Å². The van der Waals surface area contributed by atoms with E-state index in [-0.39, 0.29) is 5.38 Å². The van der Waals surface area contributed by atoms with Crippen LogP contribution in [0.15, 0.2) is 35.9 Å². The molecule has 1 aromatic carbocycles. The molecule has 0 amide bonds. The number of para-hydroxylation sites is 1. The van der Waals surface area contributed by atoms with E-state index in [1.165, 1.54) is 24.8 Å². The fourth-order valence-electron chi connectivity index (χ4n) is 3.23. The van der Waals surface area contributed by atoms with Crippen LogP contribution in [0.25, 0.3) is 0 Å². The summed E-state index contributed by atoms with van der Waals surface area (Å²) in [7, 11) is 0. The minimum absolute atomic E-state index is 0.243. The van der Waals surface area contributed by atoms with Crippen LogP contribution in [0.3, 0.4) is 0 Å². The van der Waals surface area contributed by atoms with Gasteiger partial charge in [0, 0.05) is 0 Å². The minimum atomic E-state index is 0.243. The van der Waals surface area contributed by atoms with E-state index in [0.29, 0.717) is 5.92 Å². The molecule has 1 heterocycles. The van der Waals surface area contributed by atoms with Gasteiger partial charge in [-0.15, -0.1) is 11.6 Å². The van der Waals surface area contributed by atoms with Crippen molar-refractivity contribution in [3.63, 3.8) is 0 Å². The quantitative estimate of drug-likeness (QED) is 0.542. The van der Waals surface area contributed by atoms with Gasteiger partial charge >= 0.3 is 0 Å². The zero-order chi connectivity index (χ0) is 13.1. The second-order valence-electron chi connectivity index (χ2n) is 5.66. The molecule has 0 saturated heterocycles. The Labute approximate surface area is 120 Å². The van der Waals surface area contributed by atoms with Crippen LogP contribution in [-0.4, -0.2) is 12.0 Å². The third-order valence-corrected chi connectivity index (χ3v) is 4.58. The number of alkyl halides is 1. The van der Waals surface area contributed by atoms with E-state index in [0.717, 1.165) is 31.6 Å². The first-order valence-corrected chi connectivity index (χ1v) is 7.82. The first-order chi connectivity index (χ1) is 9.33. The zero-order valence-electron chi connectivity index (χ0n) is 11.3. The van der Waals surface area contributed by atoms with Crippen LogP contribution < -0.4 is 4.74 Å². The number of benzene rings is 1. The summed E-state index contributed by atoms with van der Waals surface area (Å²) in [4.78, 5) is 0. The van der Waals surface area contributed by atoms with Gasteiger partial charge in [0.15, 0.2) is 0 Å². The maximum atomic E-state index is 6.33. The van der Waals surface area contributed by atoms with E-state index in [2.05, 4.69) is 30.3 Å². The van der Waals surface area contributed by atoms with Gasteiger partial charge < -0.3 is 4.74 Å². The molecule has 1 nitrogen and oxygen atoms in total. The molecule has 1 aromatic rings. The lowest BCUT2D eigenvalue weighted by Gasteiger charge is -2.26. The van der Waals surface area contributed by atoms with Gasteiger partial charge in [0.2, 0.25) is 0 Å². The van der Waals surface area contributed by atoms with Gasteiger partial charge in [0.25, 0.3) is 0 Å². The van der Waals surface area contributed by atoms with E-state index in [9.17, 15) is 0 Å². The Morgan fingerprint density at radius 3 is 3.00 bits per heavy atom. The number of hydrogen-bond donors (Lipinski definition) is 0. The zero-order valence-corrected chi connectivity index (χ0v) is 12.0. The van der Waals surface area contributed by atoms with E-state index in [1.807, 2.05) is 0 Å². The number of fused-ring (bicyclic) bond motifs is 1. The van der Waals surface area contributed by atoms with E-state index in [1.54, 1.807) is 5.57 Å². The van der Waals surface area contributed by atoms with Crippen molar-refractivity contribution < 1.29 is 4.74 Å². The monoisotopic (exact) mass is 276 g/mol. The van der Waals surface area contributed by atoms with Gasteiger partial charge in [0.1, 0.15) is 5.75 Å². The highest BCUT2D eigenvalue weighted by atomic mass is 35.5. The molecule has 2 unspecified atom stereocenters. The van der Waals surface area contributed by atoms with Crippen LogP contribution in [0.5, 0.6) is 5.75 Å². The van der Waals surface area contributed by atoms with E-state index < -0.39 is 0 Å². The largest absolute Gasteiger partial charge is 0.493 e. The molecular formula is C17H21ClO. The van der Waals surface area contributed by atoms with Gasteiger partial charge in [-0.05, 0) is 49.7 Å². The van der Waals surface area contributed by atoms with Crippen molar-refractivity contribution in [1.29, 1.82) is 0 Å². The van der Waals surface area contributed by atoms with Crippen molar-refractivity contribution in [1.82, 2.24) is 0 Å². The summed E-state index contributed by atoms with van der Waals surface area (Å²) in [5.74, 6) is 1.69. The van der Waals surface area contributed by atoms with Crippen molar-refractivity contribution in [3.05, 3.63) is 41.5 Å². The van der Waals surface area contributed by atoms with Gasteiger partial charge in [-0.3, -0.25) is 0 Å². The SMILES string of the molecule is ClC1C=C(CC2CCOc3ccccc32)CCCC1. The summed E-state index contributed by atoms with van der Waals surface area (Å²) >= 11 is 6.33. The number of hydrogen-bond acceptors (Lipinski definition) is 1. The highest BCUT2D eigenvalue weighted by Crippen LogP contribution is 2.38. The standard InChI is InChI=1S/C17H21ClO/c18-15-6-2-1-5-13(12-15)11-14-9-10-19-17-8-4-3-7-16(14)17/h3-4,7-8,12,14-15H,1-2,5-6,9-11H2. The molecule has 19 heavy (non-hydrogen) atoms. The first kappa shape index (κ1) is 13.1. The van der Waals surface area contributed by atoms with Gasteiger partial charge in [-0.1, -0.05) is 36.3 Å². The summed E-state index contributed by atoms with van der Waals surface area (Å²) in [6.45, 7) is 0.846. The lowest BCUT2D eigenvalue weighted by Crippen LogP contribution is -2.14. The predicted octanol–water partition coefficient (Wildman–Crippen LogP) is 5.05. The fraction of sp³-hybridized carbons (Fsp3) is 0.529. The average molecular weight is 277 g/mol. The average Bonchev–Trinajstić information content (AvgIpc) is 2.63. The Hall–Kier alpha value is -0.950. The Balaban J connectivity index is 1.77. The molecule has 0 saturated carbocycles. The third-order valence-electron chi connectivity index (χ3n) is 4.24. The van der Waals surface area contributed by atoms with Crippen molar-refractivity contribution in [2.75, 3.05) is 6.61 Å². The summed E-state index contributed by atoms with van der Waals surface area (Å²) in [5.41, 5.74) is 2.93. The summed E-state index contributed by atoms with van der Waals surface area (Å²) < 4.78 is 5.74. The highest BCUT2D eigenvalue weighted by molar-refractivity contribution is 6.21. The number of rotatable bonds is 2. The summed E-state index contributed by atoms with van der Waals surface area (Å²) in [6, 6.07) is 8.48. The molecule has 2 aliphatic rings. The third kappa shape index (κ3) is 3.14. The van der Waals surface area contributed by atoms with Crippen molar-refractivity contribution in [3.8, 4) is 5.75 Å². The second-order valence-corrected chi connectivity index (χ2v) is 6.22. The molecule has 2 heteroatoms. The molecule has 3 rings (SSSR count).